The number of hydrogen-bond donors (Lipinski definition) is 0. The van der Waals surface area contributed by atoms with Gasteiger partial charge in [0.05, 0.1) is 19.1 Å². The third-order valence-electron chi connectivity index (χ3n) is 10.2. The van der Waals surface area contributed by atoms with E-state index in [0.717, 1.165) is 18.8 Å². The van der Waals surface area contributed by atoms with Gasteiger partial charge in [0.25, 0.3) is 0 Å². The van der Waals surface area contributed by atoms with Crippen molar-refractivity contribution >= 4 is 10.2 Å². The van der Waals surface area contributed by atoms with E-state index in [1.54, 1.807) is 12.1 Å². The van der Waals surface area contributed by atoms with E-state index in [9.17, 15) is 37.0 Å². The molecule has 0 unspecified atom stereocenters. The molecular formula is C34H42F10O3S. The molecular weight excluding hydrogens is 678 g/mol. The maximum absolute atomic E-state index is 15.3. The zero-order chi connectivity index (χ0) is 35.0. The average Bonchev–Trinajstić information content (AvgIpc) is 3.00. The lowest BCUT2D eigenvalue weighted by molar-refractivity contribution is -0.222. The highest BCUT2D eigenvalue weighted by Gasteiger charge is 2.69. The lowest BCUT2D eigenvalue weighted by Gasteiger charge is -2.40. The summed E-state index contributed by atoms with van der Waals surface area (Å²) in [4.78, 5) is -3.42. The predicted octanol–water partition coefficient (Wildman–Crippen LogP) is 12.8. The summed E-state index contributed by atoms with van der Waals surface area (Å²) in [5.74, 6) is -7.73. The molecule has 3 aliphatic rings. The monoisotopic (exact) mass is 720 g/mol. The fraction of sp³-hybridized carbons (Fsp3) is 0.647. The second kappa shape index (κ2) is 13.5. The van der Waals surface area contributed by atoms with Crippen LogP contribution >= 0.6 is 10.2 Å². The molecule has 3 fully saturated rings. The molecule has 272 valence electrons. The van der Waals surface area contributed by atoms with Crippen LogP contribution in [-0.2, 0) is 9.47 Å². The zero-order valence-corrected chi connectivity index (χ0v) is 27.5. The first kappa shape index (κ1) is 37.1. The van der Waals surface area contributed by atoms with Crippen LogP contribution in [0.4, 0.5) is 41.4 Å². The highest BCUT2D eigenvalue weighted by atomic mass is 32.5. The van der Waals surface area contributed by atoms with Crippen molar-refractivity contribution in [3.05, 3.63) is 58.9 Å². The van der Waals surface area contributed by atoms with Crippen LogP contribution in [0.2, 0.25) is 0 Å². The minimum absolute atomic E-state index is 0.102. The van der Waals surface area contributed by atoms with Crippen molar-refractivity contribution < 1.29 is 55.6 Å². The van der Waals surface area contributed by atoms with Gasteiger partial charge in [-0.15, -0.1) is 0 Å². The van der Waals surface area contributed by atoms with Crippen molar-refractivity contribution in [2.45, 2.75) is 107 Å². The molecule has 0 atom stereocenters. The molecule has 2 saturated carbocycles. The Balaban J connectivity index is 1.12. The van der Waals surface area contributed by atoms with Gasteiger partial charge in [-0.05, 0) is 67.9 Å². The summed E-state index contributed by atoms with van der Waals surface area (Å²) in [5, 5.41) is 0. The Morgan fingerprint density at radius 3 is 1.90 bits per heavy atom. The van der Waals surface area contributed by atoms with Gasteiger partial charge in [-0.1, -0.05) is 77.0 Å². The Kier molecular flexibility index (Phi) is 10.4. The van der Waals surface area contributed by atoms with Crippen molar-refractivity contribution in [3.8, 4) is 5.75 Å². The number of rotatable bonds is 11. The van der Waals surface area contributed by atoms with Crippen LogP contribution in [0.5, 0.6) is 5.75 Å². The number of halogens is 10. The fourth-order valence-electron chi connectivity index (χ4n) is 7.58. The highest BCUT2D eigenvalue weighted by molar-refractivity contribution is 8.45. The first-order valence-corrected chi connectivity index (χ1v) is 18.6. The van der Waals surface area contributed by atoms with E-state index in [-0.39, 0.29) is 37.8 Å². The van der Waals surface area contributed by atoms with Gasteiger partial charge in [-0.2, -0.15) is 8.78 Å². The Bertz CT molecular complexity index is 1390. The number of ether oxygens (including phenoxy) is 3. The third kappa shape index (κ3) is 8.93. The summed E-state index contributed by atoms with van der Waals surface area (Å²) >= 11 is 0. The highest BCUT2D eigenvalue weighted by Crippen LogP contribution is 3.02. The van der Waals surface area contributed by atoms with Crippen LogP contribution in [-0.4, -0.2) is 19.3 Å². The molecule has 0 N–H and O–H groups in total. The summed E-state index contributed by atoms with van der Waals surface area (Å²) in [5.41, 5.74) is 0.833. The second-order valence-electron chi connectivity index (χ2n) is 13.7. The summed E-state index contributed by atoms with van der Waals surface area (Å²) in [6, 6.07) is 3.91. The number of hydrogen-bond acceptors (Lipinski definition) is 3. The minimum atomic E-state index is -10.8. The Labute approximate surface area is 274 Å². The van der Waals surface area contributed by atoms with E-state index < -0.39 is 62.6 Å². The normalized spacial score (nSPS) is 28.8. The lowest BCUT2D eigenvalue weighted by atomic mass is 9.74. The van der Waals surface area contributed by atoms with Gasteiger partial charge >= 0.3 is 16.3 Å². The van der Waals surface area contributed by atoms with Crippen molar-refractivity contribution in [2.75, 3.05) is 13.2 Å². The van der Waals surface area contributed by atoms with Gasteiger partial charge in [-0.3, -0.25) is 0 Å². The van der Waals surface area contributed by atoms with Gasteiger partial charge in [0, 0.05) is 23.6 Å². The van der Waals surface area contributed by atoms with Crippen molar-refractivity contribution in [3.63, 3.8) is 0 Å². The van der Waals surface area contributed by atoms with Gasteiger partial charge < -0.3 is 14.2 Å². The molecule has 1 aliphatic heterocycles. The molecule has 2 aromatic carbocycles. The average molecular weight is 721 g/mol. The van der Waals surface area contributed by atoms with Crippen LogP contribution in [0.1, 0.15) is 107 Å². The van der Waals surface area contributed by atoms with E-state index in [4.69, 9.17) is 9.47 Å². The molecule has 0 radical (unpaired) electrons. The van der Waals surface area contributed by atoms with E-state index in [1.165, 1.54) is 44.6 Å². The van der Waals surface area contributed by atoms with Crippen LogP contribution in [0.3, 0.4) is 0 Å². The number of alkyl halides is 2. The standard InChI is InChI=1S/C34H42F10O3S/c1-2-3-4-5-21-6-8-22(9-7-21)25-19-45-33(46-20-25)24-12-15-28(29(35)16-24)23-10-13-26(14-11-23)34(38,39)47-27-17-30(36)32(31(37)18-27)48(40,41,42,43)44/h12,15-18,21-23,25-26,33H,2-11,13-14,19-20H2,1H3. The molecule has 14 heteroatoms. The zero-order valence-electron chi connectivity index (χ0n) is 26.7. The summed E-state index contributed by atoms with van der Waals surface area (Å²) < 4.78 is 154. The van der Waals surface area contributed by atoms with Crippen molar-refractivity contribution in [1.82, 2.24) is 0 Å². The van der Waals surface area contributed by atoms with Crippen molar-refractivity contribution in [2.24, 2.45) is 23.7 Å². The smallest absolute Gasteiger partial charge is 0.400 e. The predicted molar refractivity (Wildman–Crippen MR) is 162 cm³/mol. The van der Waals surface area contributed by atoms with Crippen LogP contribution in [0.15, 0.2) is 35.2 Å². The van der Waals surface area contributed by atoms with Crippen LogP contribution < -0.4 is 4.74 Å². The van der Waals surface area contributed by atoms with E-state index in [0.29, 0.717) is 36.2 Å². The molecule has 0 aromatic heterocycles. The van der Waals surface area contributed by atoms with Crippen LogP contribution in [0, 0.1) is 41.1 Å². The Morgan fingerprint density at radius 1 is 0.750 bits per heavy atom. The lowest BCUT2D eigenvalue weighted by Crippen LogP contribution is -2.37. The van der Waals surface area contributed by atoms with Gasteiger partial charge in [0.15, 0.2) is 22.8 Å². The quantitative estimate of drug-likeness (QED) is 0.171. The molecule has 3 nitrogen and oxygen atoms in total. The van der Waals surface area contributed by atoms with Gasteiger partial charge in [0.1, 0.15) is 11.6 Å². The maximum Gasteiger partial charge on any atom is 0.400 e. The topological polar surface area (TPSA) is 27.7 Å². The SMILES string of the molecule is CCCCCC1CCC(C2COC(c3ccc(C4CCC(C(F)(F)Oc5cc(F)c(S(F)(F)(F)(F)F)c(F)c5)CC4)c(F)c3)OC2)CC1. The van der Waals surface area contributed by atoms with Gasteiger partial charge in [0.2, 0.25) is 0 Å². The summed E-state index contributed by atoms with van der Waals surface area (Å²) in [6.45, 7) is 3.27. The fourth-order valence-corrected chi connectivity index (χ4v) is 8.44. The molecule has 5 rings (SSSR count). The van der Waals surface area contributed by atoms with Gasteiger partial charge in [-0.25, -0.2) is 13.2 Å². The summed E-state index contributed by atoms with van der Waals surface area (Å²) in [6.07, 6.45) is 4.89. The Morgan fingerprint density at radius 2 is 1.35 bits per heavy atom. The summed E-state index contributed by atoms with van der Waals surface area (Å²) in [7, 11) is -10.8. The molecule has 0 amide bonds. The third-order valence-corrected chi connectivity index (χ3v) is 11.4. The van der Waals surface area contributed by atoms with Crippen LogP contribution in [0.25, 0.3) is 0 Å². The Hall–Kier alpha value is -2.19. The molecule has 2 aromatic rings. The molecule has 0 bridgehead atoms. The largest absolute Gasteiger partial charge is 0.432 e. The van der Waals surface area contributed by atoms with Crippen molar-refractivity contribution in [1.29, 1.82) is 0 Å². The number of benzene rings is 2. The van der Waals surface area contributed by atoms with E-state index in [1.807, 2.05) is 0 Å². The molecule has 1 saturated heterocycles. The van der Waals surface area contributed by atoms with E-state index in [2.05, 4.69) is 11.7 Å². The van der Waals surface area contributed by atoms with E-state index >= 15 is 4.39 Å². The molecule has 2 aliphatic carbocycles. The molecule has 48 heavy (non-hydrogen) atoms. The maximum atomic E-state index is 15.3. The first-order chi connectivity index (χ1) is 22.3. The second-order valence-corrected chi connectivity index (χ2v) is 16.1. The molecule has 0 spiro atoms. The minimum Gasteiger partial charge on any atom is -0.432 e. The first-order valence-electron chi connectivity index (χ1n) is 16.7. The number of unbranched alkanes of at least 4 members (excludes halogenated alkanes) is 2. The molecule has 1 heterocycles.